The van der Waals surface area contributed by atoms with Crippen molar-refractivity contribution >= 4 is 0 Å². The molecule has 0 saturated carbocycles. The van der Waals surface area contributed by atoms with Crippen molar-refractivity contribution in [3.63, 3.8) is 0 Å². The van der Waals surface area contributed by atoms with Gasteiger partial charge in [0.25, 0.3) is 0 Å². The Labute approximate surface area is 98.5 Å². The molecule has 0 fully saturated rings. The SMILES string of the molecule is CC1c2ccc(C(C)(C)C)cc2C(O)C1C. The monoisotopic (exact) mass is 218 g/mol. The van der Waals surface area contributed by atoms with E-state index in [1.165, 1.54) is 11.1 Å². The summed E-state index contributed by atoms with van der Waals surface area (Å²) in [4.78, 5) is 0. The second kappa shape index (κ2) is 3.59. The third-order valence-corrected chi connectivity index (χ3v) is 4.05. The van der Waals surface area contributed by atoms with Crippen LogP contribution in [0.4, 0.5) is 0 Å². The van der Waals surface area contributed by atoms with Gasteiger partial charge < -0.3 is 5.11 Å². The molecule has 1 nitrogen and oxygen atoms in total. The van der Waals surface area contributed by atoms with Crippen molar-refractivity contribution in [3.05, 3.63) is 34.9 Å². The first-order valence-electron chi connectivity index (χ1n) is 6.14. The van der Waals surface area contributed by atoms with Crippen molar-refractivity contribution in [2.45, 2.75) is 52.1 Å². The molecule has 0 bridgehead atoms. The summed E-state index contributed by atoms with van der Waals surface area (Å²) in [7, 11) is 0. The number of fused-ring (bicyclic) bond motifs is 1. The Morgan fingerprint density at radius 1 is 1.06 bits per heavy atom. The van der Waals surface area contributed by atoms with Crippen LogP contribution in [0.2, 0.25) is 0 Å². The van der Waals surface area contributed by atoms with E-state index in [2.05, 4.69) is 52.8 Å². The summed E-state index contributed by atoms with van der Waals surface area (Å²) in [5.74, 6) is 0.809. The zero-order valence-electron chi connectivity index (χ0n) is 10.9. The highest BCUT2D eigenvalue weighted by Gasteiger charge is 2.34. The Bertz CT molecular complexity index is 400. The Balaban J connectivity index is 2.50. The summed E-state index contributed by atoms with van der Waals surface area (Å²) in [6.07, 6.45) is -0.285. The van der Waals surface area contributed by atoms with Crippen LogP contribution in [0.25, 0.3) is 0 Å². The predicted molar refractivity (Wildman–Crippen MR) is 67.7 cm³/mol. The van der Waals surface area contributed by atoms with Gasteiger partial charge in [0.1, 0.15) is 0 Å². The van der Waals surface area contributed by atoms with E-state index in [1.54, 1.807) is 0 Å². The van der Waals surface area contributed by atoms with Crippen molar-refractivity contribution < 1.29 is 5.11 Å². The third-order valence-electron chi connectivity index (χ3n) is 4.05. The van der Waals surface area contributed by atoms with Crippen molar-refractivity contribution in [1.29, 1.82) is 0 Å². The highest BCUT2D eigenvalue weighted by atomic mass is 16.3. The molecule has 2 rings (SSSR count). The minimum Gasteiger partial charge on any atom is -0.388 e. The van der Waals surface area contributed by atoms with Crippen LogP contribution >= 0.6 is 0 Å². The minimum absolute atomic E-state index is 0.157. The maximum atomic E-state index is 10.2. The number of aliphatic hydroxyl groups is 1. The number of hydrogen-bond donors (Lipinski definition) is 1. The minimum atomic E-state index is -0.285. The summed E-state index contributed by atoms with van der Waals surface area (Å²) >= 11 is 0. The van der Waals surface area contributed by atoms with Gasteiger partial charge in [-0.25, -0.2) is 0 Å². The first-order valence-corrected chi connectivity index (χ1v) is 6.14. The van der Waals surface area contributed by atoms with Crippen LogP contribution in [-0.2, 0) is 5.41 Å². The van der Waals surface area contributed by atoms with Crippen molar-refractivity contribution in [2.24, 2.45) is 5.92 Å². The van der Waals surface area contributed by atoms with Gasteiger partial charge in [-0.05, 0) is 33.9 Å². The molecule has 0 saturated heterocycles. The molecule has 3 unspecified atom stereocenters. The Kier molecular flexibility index (Phi) is 2.62. The standard InChI is InChI=1S/C15H22O/c1-9-10(2)14(16)13-8-11(15(3,4)5)6-7-12(9)13/h6-10,14,16H,1-5H3. The van der Waals surface area contributed by atoms with Crippen molar-refractivity contribution in [1.82, 2.24) is 0 Å². The van der Waals surface area contributed by atoms with Crippen LogP contribution in [0, 0.1) is 5.92 Å². The lowest BCUT2D eigenvalue weighted by atomic mass is 9.85. The summed E-state index contributed by atoms with van der Waals surface area (Å²) in [5, 5.41) is 10.2. The van der Waals surface area contributed by atoms with Gasteiger partial charge in [-0.15, -0.1) is 0 Å². The highest BCUT2D eigenvalue weighted by Crippen LogP contribution is 2.45. The molecule has 1 aromatic carbocycles. The van der Waals surface area contributed by atoms with Crippen LogP contribution in [-0.4, -0.2) is 5.11 Å². The van der Waals surface area contributed by atoms with Gasteiger partial charge in [0.15, 0.2) is 0 Å². The van der Waals surface area contributed by atoms with Gasteiger partial charge in [0.05, 0.1) is 6.10 Å². The first-order chi connectivity index (χ1) is 7.32. The molecule has 3 atom stereocenters. The number of rotatable bonds is 0. The Morgan fingerprint density at radius 3 is 2.25 bits per heavy atom. The van der Waals surface area contributed by atoms with Gasteiger partial charge >= 0.3 is 0 Å². The summed E-state index contributed by atoms with van der Waals surface area (Å²) < 4.78 is 0. The van der Waals surface area contributed by atoms with E-state index >= 15 is 0 Å². The van der Waals surface area contributed by atoms with Gasteiger partial charge in [-0.2, -0.15) is 0 Å². The zero-order valence-corrected chi connectivity index (χ0v) is 10.9. The highest BCUT2D eigenvalue weighted by molar-refractivity contribution is 5.42. The molecule has 0 heterocycles. The lowest BCUT2D eigenvalue weighted by Gasteiger charge is -2.20. The quantitative estimate of drug-likeness (QED) is 0.702. The predicted octanol–water partition coefficient (Wildman–Crippen LogP) is 3.77. The second-order valence-corrected chi connectivity index (χ2v) is 6.19. The Morgan fingerprint density at radius 2 is 1.69 bits per heavy atom. The molecule has 0 spiro atoms. The van der Waals surface area contributed by atoms with Crippen LogP contribution < -0.4 is 0 Å². The average Bonchev–Trinajstić information content (AvgIpc) is 2.43. The van der Waals surface area contributed by atoms with E-state index in [0.29, 0.717) is 11.8 Å². The number of hydrogen-bond acceptors (Lipinski definition) is 1. The number of aliphatic hydroxyl groups excluding tert-OH is 1. The molecule has 0 aromatic heterocycles. The van der Waals surface area contributed by atoms with E-state index in [1.807, 2.05) is 0 Å². The normalized spacial score (nSPS) is 29.2. The average molecular weight is 218 g/mol. The summed E-state index contributed by atoms with van der Waals surface area (Å²) in [5.41, 5.74) is 3.94. The fourth-order valence-electron chi connectivity index (χ4n) is 2.55. The maximum absolute atomic E-state index is 10.2. The van der Waals surface area contributed by atoms with Crippen molar-refractivity contribution in [3.8, 4) is 0 Å². The fraction of sp³-hybridized carbons (Fsp3) is 0.600. The van der Waals surface area contributed by atoms with E-state index in [-0.39, 0.29) is 11.5 Å². The smallest absolute Gasteiger partial charge is 0.0824 e. The van der Waals surface area contributed by atoms with E-state index in [9.17, 15) is 5.11 Å². The van der Waals surface area contributed by atoms with Crippen LogP contribution in [0.15, 0.2) is 18.2 Å². The topological polar surface area (TPSA) is 20.2 Å². The van der Waals surface area contributed by atoms with E-state index in [0.717, 1.165) is 5.56 Å². The van der Waals surface area contributed by atoms with Gasteiger partial charge in [0.2, 0.25) is 0 Å². The van der Waals surface area contributed by atoms with Gasteiger partial charge in [-0.3, -0.25) is 0 Å². The van der Waals surface area contributed by atoms with Gasteiger partial charge in [-0.1, -0.05) is 52.8 Å². The molecule has 16 heavy (non-hydrogen) atoms. The van der Waals surface area contributed by atoms with Crippen LogP contribution in [0.1, 0.15) is 63.3 Å². The lowest BCUT2D eigenvalue weighted by molar-refractivity contribution is 0.123. The molecule has 1 aliphatic carbocycles. The fourth-order valence-corrected chi connectivity index (χ4v) is 2.55. The maximum Gasteiger partial charge on any atom is 0.0824 e. The molecular formula is C15H22O. The summed E-state index contributed by atoms with van der Waals surface area (Å²) in [6.45, 7) is 11.0. The van der Waals surface area contributed by atoms with Crippen molar-refractivity contribution in [2.75, 3.05) is 0 Å². The molecule has 1 heteroatoms. The molecule has 1 N–H and O–H groups in total. The third kappa shape index (κ3) is 1.67. The van der Waals surface area contributed by atoms with E-state index < -0.39 is 0 Å². The van der Waals surface area contributed by atoms with Crippen LogP contribution in [0.3, 0.4) is 0 Å². The Hall–Kier alpha value is -0.820. The molecule has 0 radical (unpaired) electrons. The lowest BCUT2D eigenvalue weighted by Crippen LogP contribution is -2.11. The molecule has 0 amide bonds. The largest absolute Gasteiger partial charge is 0.388 e. The molecule has 0 aliphatic heterocycles. The molecule has 1 aromatic rings. The molecular weight excluding hydrogens is 196 g/mol. The van der Waals surface area contributed by atoms with E-state index in [4.69, 9.17) is 0 Å². The number of benzene rings is 1. The zero-order chi connectivity index (χ0) is 12.1. The second-order valence-electron chi connectivity index (χ2n) is 6.19. The first kappa shape index (κ1) is 11.7. The van der Waals surface area contributed by atoms with Gasteiger partial charge in [0, 0.05) is 0 Å². The molecule has 1 aliphatic rings. The summed E-state index contributed by atoms with van der Waals surface area (Å²) in [6, 6.07) is 6.60. The molecule has 88 valence electrons. The van der Waals surface area contributed by atoms with Crippen LogP contribution in [0.5, 0.6) is 0 Å².